The molecule has 0 saturated carbocycles. The molecule has 2 aromatic carbocycles. The van der Waals surface area contributed by atoms with Crippen LogP contribution in [0.1, 0.15) is 28.8 Å². The standard InChI is InChI=1S/C28H28ClN3O5S/c1-36-21-12-11-17(15-22(21)37-2)13-14-31-26(34)25-18-7-3-6-10-23(18)38-27(25)32(28(31)35)16-24(33)30-20-9-5-4-8-19(20)29/h4-5,8-9,11-12,15H,3,6-7,10,13-14,16H2,1-2H3,(H,30,33). The number of ether oxygens (including phenoxy) is 2. The first-order valence-corrected chi connectivity index (χ1v) is 13.6. The smallest absolute Gasteiger partial charge is 0.332 e. The molecule has 2 aromatic heterocycles. The van der Waals surface area contributed by atoms with E-state index in [9.17, 15) is 14.4 Å². The fraction of sp³-hybridized carbons (Fsp3) is 0.321. The Morgan fingerprint density at radius 2 is 1.79 bits per heavy atom. The maximum atomic E-state index is 13.7. The van der Waals surface area contributed by atoms with E-state index in [1.54, 1.807) is 44.6 Å². The Morgan fingerprint density at radius 3 is 2.55 bits per heavy atom. The van der Waals surface area contributed by atoms with Gasteiger partial charge in [-0.25, -0.2) is 4.79 Å². The number of thiophene rings is 1. The minimum absolute atomic E-state index is 0.167. The Bertz CT molecular complexity index is 1640. The molecular formula is C28H28ClN3O5S. The topological polar surface area (TPSA) is 91.6 Å². The quantitative estimate of drug-likeness (QED) is 0.343. The van der Waals surface area contributed by atoms with Crippen molar-refractivity contribution in [1.29, 1.82) is 0 Å². The number of anilines is 1. The molecule has 10 heteroatoms. The van der Waals surface area contributed by atoms with Crippen LogP contribution >= 0.6 is 22.9 Å². The van der Waals surface area contributed by atoms with E-state index in [0.29, 0.717) is 38.8 Å². The predicted molar refractivity (Wildman–Crippen MR) is 150 cm³/mol. The van der Waals surface area contributed by atoms with Gasteiger partial charge in [0.05, 0.1) is 30.3 Å². The molecule has 0 atom stereocenters. The lowest BCUT2D eigenvalue weighted by molar-refractivity contribution is -0.116. The summed E-state index contributed by atoms with van der Waals surface area (Å²) in [5.41, 5.74) is 1.57. The van der Waals surface area contributed by atoms with Crippen molar-refractivity contribution in [3.8, 4) is 11.5 Å². The van der Waals surface area contributed by atoms with Crippen LogP contribution in [0.25, 0.3) is 10.2 Å². The second kappa shape index (κ2) is 11.0. The molecule has 0 spiro atoms. The number of carbonyl (C=O) groups is 1. The molecule has 38 heavy (non-hydrogen) atoms. The zero-order chi connectivity index (χ0) is 26.8. The highest BCUT2D eigenvalue weighted by Crippen LogP contribution is 2.34. The van der Waals surface area contributed by atoms with Crippen LogP contribution < -0.4 is 26.0 Å². The van der Waals surface area contributed by atoms with Crippen molar-refractivity contribution in [3.05, 3.63) is 84.3 Å². The number of hydrogen-bond acceptors (Lipinski definition) is 6. The largest absolute Gasteiger partial charge is 0.493 e. The molecule has 0 fully saturated rings. The number of nitrogens with one attached hydrogen (secondary N) is 1. The first-order valence-electron chi connectivity index (χ1n) is 12.4. The number of carbonyl (C=O) groups excluding carboxylic acids is 1. The molecule has 8 nitrogen and oxygen atoms in total. The van der Waals surface area contributed by atoms with E-state index in [1.807, 2.05) is 12.1 Å². The predicted octanol–water partition coefficient (Wildman–Crippen LogP) is 4.66. The number of aryl methyl sites for hydroxylation is 3. The van der Waals surface area contributed by atoms with Crippen molar-refractivity contribution in [1.82, 2.24) is 9.13 Å². The lowest BCUT2D eigenvalue weighted by Gasteiger charge is -2.14. The summed E-state index contributed by atoms with van der Waals surface area (Å²) in [6, 6.07) is 12.4. The van der Waals surface area contributed by atoms with Gasteiger partial charge in [-0.05, 0) is 67.5 Å². The Morgan fingerprint density at radius 1 is 1.03 bits per heavy atom. The van der Waals surface area contributed by atoms with Gasteiger partial charge in [0.2, 0.25) is 5.91 Å². The monoisotopic (exact) mass is 553 g/mol. The Labute approximate surface area is 228 Å². The van der Waals surface area contributed by atoms with Crippen LogP contribution in [0.4, 0.5) is 5.69 Å². The normalized spacial score (nSPS) is 12.8. The molecule has 1 amide bonds. The van der Waals surface area contributed by atoms with Crippen LogP contribution in [-0.4, -0.2) is 29.3 Å². The van der Waals surface area contributed by atoms with Gasteiger partial charge in [-0.2, -0.15) is 0 Å². The number of rotatable bonds is 8. The third-order valence-electron chi connectivity index (χ3n) is 6.84. The minimum Gasteiger partial charge on any atom is -0.493 e. The van der Waals surface area contributed by atoms with E-state index in [4.69, 9.17) is 21.1 Å². The molecule has 0 radical (unpaired) electrons. The molecule has 4 aromatic rings. The fourth-order valence-electron chi connectivity index (χ4n) is 4.93. The maximum absolute atomic E-state index is 13.7. The summed E-state index contributed by atoms with van der Waals surface area (Å²) in [4.78, 5) is 42.1. The molecule has 1 N–H and O–H groups in total. The lowest BCUT2D eigenvalue weighted by atomic mass is 9.97. The van der Waals surface area contributed by atoms with Gasteiger partial charge in [0, 0.05) is 11.4 Å². The molecule has 0 saturated heterocycles. The third kappa shape index (κ3) is 4.96. The SMILES string of the molecule is COc1ccc(CCn2c(=O)c3c4c(sc3n(CC(=O)Nc3ccccc3Cl)c2=O)CCCC4)cc1OC. The van der Waals surface area contributed by atoms with E-state index < -0.39 is 11.6 Å². The van der Waals surface area contributed by atoms with Gasteiger partial charge in [0.15, 0.2) is 11.5 Å². The maximum Gasteiger partial charge on any atom is 0.332 e. The van der Waals surface area contributed by atoms with E-state index in [0.717, 1.165) is 41.7 Å². The number of benzene rings is 2. The number of aromatic nitrogens is 2. The van der Waals surface area contributed by atoms with E-state index >= 15 is 0 Å². The van der Waals surface area contributed by atoms with Crippen molar-refractivity contribution >= 4 is 44.7 Å². The third-order valence-corrected chi connectivity index (χ3v) is 8.48. The highest BCUT2D eigenvalue weighted by atomic mass is 35.5. The Balaban J connectivity index is 1.54. The molecule has 2 heterocycles. The summed E-state index contributed by atoms with van der Waals surface area (Å²) in [5.74, 6) is 0.790. The van der Waals surface area contributed by atoms with Gasteiger partial charge in [0.1, 0.15) is 11.4 Å². The van der Waals surface area contributed by atoms with Gasteiger partial charge in [-0.1, -0.05) is 29.8 Å². The van der Waals surface area contributed by atoms with E-state index in [1.165, 1.54) is 20.5 Å². The second-order valence-corrected chi connectivity index (χ2v) is 10.7. The number of nitrogens with zero attached hydrogens (tertiary/aromatic N) is 2. The summed E-state index contributed by atoms with van der Waals surface area (Å²) in [6.07, 6.45) is 4.14. The summed E-state index contributed by atoms with van der Waals surface area (Å²) in [7, 11) is 3.13. The number of methoxy groups -OCH3 is 2. The van der Waals surface area contributed by atoms with Gasteiger partial charge in [-0.15, -0.1) is 11.3 Å². The number of halogens is 1. The Hall–Kier alpha value is -3.56. The number of amides is 1. The van der Waals surface area contributed by atoms with E-state index in [2.05, 4.69) is 5.32 Å². The van der Waals surface area contributed by atoms with Gasteiger partial charge >= 0.3 is 5.69 Å². The van der Waals surface area contributed by atoms with Gasteiger partial charge in [-0.3, -0.25) is 18.7 Å². The molecule has 198 valence electrons. The molecule has 1 aliphatic carbocycles. The van der Waals surface area contributed by atoms with Crippen LogP contribution in [0.3, 0.4) is 0 Å². The summed E-state index contributed by atoms with van der Waals surface area (Å²) in [6.45, 7) is -0.0591. The van der Waals surface area contributed by atoms with Crippen LogP contribution in [0, 0.1) is 0 Å². The molecule has 1 aliphatic rings. The highest BCUT2D eigenvalue weighted by Gasteiger charge is 2.24. The fourth-order valence-corrected chi connectivity index (χ4v) is 6.48. The Kier molecular flexibility index (Phi) is 7.58. The van der Waals surface area contributed by atoms with Crippen molar-refractivity contribution in [2.24, 2.45) is 0 Å². The van der Waals surface area contributed by atoms with Gasteiger partial charge < -0.3 is 14.8 Å². The second-order valence-electron chi connectivity index (χ2n) is 9.18. The zero-order valence-electron chi connectivity index (χ0n) is 21.2. The summed E-state index contributed by atoms with van der Waals surface area (Å²) >= 11 is 7.66. The average molecular weight is 554 g/mol. The van der Waals surface area contributed by atoms with Crippen LogP contribution in [0.5, 0.6) is 11.5 Å². The molecule has 0 unspecified atom stereocenters. The summed E-state index contributed by atoms with van der Waals surface area (Å²) < 4.78 is 13.4. The van der Waals surface area contributed by atoms with Crippen molar-refractivity contribution < 1.29 is 14.3 Å². The van der Waals surface area contributed by atoms with Crippen LogP contribution in [0.2, 0.25) is 5.02 Å². The number of hydrogen-bond donors (Lipinski definition) is 1. The molecule has 0 aliphatic heterocycles. The first-order chi connectivity index (χ1) is 18.4. The van der Waals surface area contributed by atoms with Gasteiger partial charge in [0.25, 0.3) is 5.56 Å². The van der Waals surface area contributed by atoms with Crippen LogP contribution in [-0.2, 0) is 37.1 Å². The zero-order valence-corrected chi connectivity index (χ0v) is 22.8. The first kappa shape index (κ1) is 26.1. The van der Waals surface area contributed by atoms with Crippen molar-refractivity contribution in [2.75, 3.05) is 19.5 Å². The van der Waals surface area contributed by atoms with Crippen LogP contribution in [0.15, 0.2) is 52.1 Å². The van der Waals surface area contributed by atoms with Crippen molar-refractivity contribution in [3.63, 3.8) is 0 Å². The average Bonchev–Trinajstić information content (AvgIpc) is 3.32. The number of fused-ring (bicyclic) bond motifs is 3. The number of para-hydroxylation sites is 1. The lowest BCUT2D eigenvalue weighted by Crippen LogP contribution is -2.42. The minimum atomic E-state index is -0.504. The molecular weight excluding hydrogens is 526 g/mol. The molecule has 0 bridgehead atoms. The summed E-state index contributed by atoms with van der Waals surface area (Å²) in [5, 5.41) is 3.75. The van der Waals surface area contributed by atoms with E-state index in [-0.39, 0.29) is 18.6 Å². The highest BCUT2D eigenvalue weighted by molar-refractivity contribution is 7.18. The molecule has 5 rings (SSSR count). The van der Waals surface area contributed by atoms with Crippen molar-refractivity contribution in [2.45, 2.75) is 45.2 Å².